The third-order valence-corrected chi connectivity index (χ3v) is 3.82. The smallest absolute Gasteiger partial charge is 0.257 e. The Morgan fingerprint density at radius 1 is 1.13 bits per heavy atom. The fraction of sp³-hybridized carbons (Fsp3) is 0.529. The van der Waals surface area contributed by atoms with Crippen LogP contribution in [0.1, 0.15) is 24.2 Å². The van der Waals surface area contributed by atoms with Gasteiger partial charge in [-0.3, -0.25) is 14.5 Å². The lowest BCUT2D eigenvalue weighted by Gasteiger charge is -2.34. The van der Waals surface area contributed by atoms with Crippen molar-refractivity contribution in [2.45, 2.75) is 13.8 Å². The summed E-state index contributed by atoms with van der Waals surface area (Å²) in [5.74, 6) is 0.658. The van der Waals surface area contributed by atoms with Crippen molar-refractivity contribution in [3.05, 3.63) is 29.8 Å². The van der Waals surface area contributed by atoms with E-state index < -0.39 is 0 Å². The van der Waals surface area contributed by atoms with Crippen LogP contribution in [0.5, 0.6) is 5.75 Å². The average molecular weight is 319 g/mol. The highest BCUT2D eigenvalue weighted by Gasteiger charge is 2.24. The van der Waals surface area contributed by atoms with Crippen LogP contribution in [0.4, 0.5) is 0 Å². The Labute approximate surface area is 137 Å². The molecule has 1 aromatic carbocycles. The van der Waals surface area contributed by atoms with Crippen LogP contribution in [0.25, 0.3) is 0 Å². The third-order valence-electron chi connectivity index (χ3n) is 3.82. The summed E-state index contributed by atoms with van der Waals surface area (Å²) in [6.45, 7) is 8.05. The van der Waals surface area contributed by atoms with E-state index in [2.05, 4.69) is 10.2 Å². The second kappa shape index (κ2) is 8.53. The van der Waals surface area contributed by atoms with Gasteiger partial charge in [0.1, 0.15) is 5.75 Å². The molecule has 1 aromatic rings. The Balaban J connectivity index is 1.92. The number of nitrogens with one attached hydrogen (secondary N) is 1. The molecule has 1 N–H and O–H groups in total. The topological polar surface area (TPSA) is 61.9 Å². The van der Waals surface area contributed by atoms with E-state index in [0.29, 0.717) is 57.2 Å². The minimum atomic E-state index is -0.00768. The molecule has 0 bridgehead atoms. The summed E-state index contributed by atoms with van der Waals surface area (Å²) in [6.07, 6.45) is 0. The molecule has 0 spiro atoms. The summed E-state index contributed by atoms with van der Waals surface area (Å²) < 4.78 is 5.54. The van der Waals surface area contributed by atoms with Gasteiger partial charge >= 0.3 is 0 Å². The van der Waals surface area contributed by atoms with Crippen molar-refractivity contribution >= 4 is 11.8 Å². The van der Waals surface area contributed by atoms with Gasteiger partial charge in [0.25, 0.3) is 5.91 Å². The Hall–Kier alpha value is -2.08. The maximum absolute atomic E-state index is 12.7. The van der Waals surface area contributed by atoms with E-state index in [1.807, 2.05) is 36.9 Å². The van der Waals surface area contributed by atoms with Gasteiger partial charge in [-0.2, -0.15) is 0 Å². The van der Waals surface area contributed by atoms with Gasteiger partial charge in [0.15, 0.2) is 0 Å². The molecule has 0 atom stereocenters. The van der Waals surface area contributed by atoms with E-state index in [9.17, 15) is 9.59 Å². The first-order valence-electron chi connectivity index (χ1n) is 8.15. The van der Waals surface area contributed by atoms with Crippen molar-refractivity contribution in [3.8, 4) is 5.75 Å². The van der Waals surface area contributed by atoms with Crippen LogP contribution in [0.3, 0.4) is 0 Å². The molecule has 0 radical (unpaired) electrons. The van der Waals surface area contributed by atoms with Gasteiger partial charge in [0.2, 0.25) is 5.91 Å². The zero-order valence-corrected chi connectivity index (χ0v) is 13.9. The third kappa shape index (κ3) is 4.69. The number of benzene rings is 1. The fourth-order valence-corrected chi connectivity index (χ4v) is 2.66. The monoisotopic (exact) mass is 319 g/mol. The first-order chi connectivity index (χ1) is 11.2. The largest absolute Gasteiger partial charge is 0.493 e. The fourth-order valence-electron chi connectivity index (χ4n) is 2.66. The maximum atomic E-state index is 12.7. The summed E-state index contributed by atoms with van der Waals surface area (Å²) in [5.41, 5.74) is 0.603. The van der Waals surface area contributed by atoms with Gasteiger partial charge in [-0.15, -0.1) is 0 Å². The van der Waals surface area contributed by atoms with E-state index in [-0.39, 0.29) is 11.8 Å². The molecule has 126 valence electrons. The van der Waals surface area contributed by atoms with Crippen molar-refractivity contribution in [2.75, 3.05) is 45.9 Å². The van der Waals surface area contributed by atoms with E-state index in [1.54, 1.807) is 6.07 Å². The summed E-state index contributed by atoms with van der Waals surface area (Å²) in [7, 11) is 0. The van der Waals surface area contributed by atoms with Gasteiger partial charge in [-0.25, -0.2) is 0 Å². The van der Waals surface area contributed by atoms with Crippen molar-refractivity contribution in [3.63, 3.8) is 0 Å². The number of rotatable bonds is 6. The standard InChI is InChI=1S/C17H25N3O3/c1-3-18-16(21)13-19-9-11-20(12-10-19)17(22)14-7-5-6-8-15(14)23-4-2/h5-8H,3-4,9-13H2,1-2H3,(H,18,21). The van der Waals surface area contributed by atoms with Crippen LogP contribution < -0.4 is 10.1 Å². The summed E-state index contributed by atoms with van der Waals surface area (Å²) in [4.78, 5) is 28.2. The van der Waals surface area contributed by atoms with Crippen LogP contribution in [-0.2, 0) is 4.79 Å². The minimum Gasteiger partial charge on any atom is -0.493 e. The zero-order valence-electron chi connectivity index (χ0n) is 13.9. The van der Waals surface area contributed by atoms with Gasteiger partial charge in [-0.05, 0) is 26.0 Å². The van der Waals surface area contributed by atoms with Crippen LogP contribution in [-0.4, -0.2) is 67.5 Å². The van der Waals surface area contributed by atoms with Crippen molar-refractivity contribution in [1.82, 2.24) is 15.1 Å². The summed E-state index contributed by atoms with van der Waals surface area (Å²) in [5, 5.41) is 2.80. The molecular formula is C17H25N3O3. The molecule has 23 heavy (non-hydrogen) atoms. The number of hydrogen-bond acceptors (Lipinski definition) is 4. The molecule has 2 amide bonds. The number of ether oxygens (including phenoxy) is 1. The molecule has 1 aliphatic heterocycles. The van der Waals surface area contributed by atoms with Crippen molar-refractivity contribution in [1.29, 1.82) is 0 Å². The Kier molecular flexibility index (Phi) is 6.40. The van der Waals surface area contributed by atoms with E-state index in [1.165, 1.54) is 0 Å². The second-order valence-corrected chi connectivity index (χ2v) is 5.45. The summed E-state index contributed by atoms with van der Waals surface area (Å²) >= 11 is 0. The van der Waals surface area contributed by atoms with Crippen LogP contribution in [0.2, 0.25) is 0 Å². The molecule has 0 unspecified atom stereocenters. The van der Waals surface area contributed by atoms with Gasteiger partial charge in [0, 0.05) is 32.7 Å². The molecule has 0 saturated carbocycles. The average Bonchev–Trinajstić information content (AvgIpc) is 2.56. The Morgan fingerprint density at radius 2 is 1.83 bits per heavy atom. The zero-order chi connectivity index (χ0) is 16.7. The number of para-hydroxylation sites is 1. The highest BCUT2D eigenvalue weighted by molar-refractivity contribution is 5.97. The first kappa shape index (κ1) is 17.3. The number of amides is 2. The molecule has 1 heterocycles. The van der Waals surface area contributed by atoms with Crippen LogP contribution >= 0.6 is 0 Å². The molecule has 1 fully saturated rings. The van der Waals surface area contributed by atoms with E-state index in [4.69, 9.17) is 4.74 Å². The Morgan fingerprint density at radius 3 is 2.48 bits per heavy atom. The van der Waals surface area contributed by atoms with Gasteiger partial charge in [0.05, 0.1) is 18.7 Å². The lowest BCUT2D eigenvalue weighted by molar-refractivity contribution is -0.122. The maximum Gasteiger partial charge on any atom is 0.257 e. The molecule has 0 aromatic heterocycles. The van der Waals surface area contributed by atoms with Crippen LogP contribution in [0.15, 0.2) is 24.3 Å². The van der Waals surface area contributed by atoms with Crippen LogP contribution in [0, 0.1) is 0 Å². The predicted molar refractivity (Wildman–Crippen MR) is 88.6 cm³/mol. The van der Waals surface area contributed by atoms with E-state index >= 15 is 0 Å². The summed E-state index contributed by atoms with van der Waals surface area (Å²) in [6, 6.07) is 7.34. The second-order valence-electron chi connectivity index (χ2n) is 5.45. The number of carbonyl (C=O) groups excluding carboxylic acids is 2. The van der Waals surface area contributed by atoms with Gasteiger partial charge < -0.3 is 15.0 Å². The molecule has 6 heteroatoms. The lowest BCUT2D eigenvalue weighted by atomic mass is 10.1. The normalized spacial score (nSPS) is 15.3. The molecule has 1 saturated heterocycles. The highest BCUT2D eigenvalue weighted by Crippen LogP contribution is 2.20. The molecule has 6 nitrogen and oxygen atoms in total. The molecule has 2 rings (SSSR count). The first-order valence-corrected chi connectivity index (χ1v) is 8.15. The van der Waals surface area contributed by atoms with Gasteiger partial charge in [-0.1, -0.05) is 12.1 Å². The van der Waals surface area contributed by atoms with E-state index in [0.717, 1.165) is 0 Å². The quantitative estimate of drug-likeness (QED) is 0.849. The molecular weight excluding hydrogens is 294 g/mol. The number of likely N-dealkylation sites (N-methyl/N-ethyl adjacent to an activating group) is 1. The molecule has 1 aliphatic rings. The number of carbonyl (C=O) groups is 2. The number of piperazine rings is 1. The SMILES string of the molecule is CCNC(=O)CN1CCN(C(=O)c2ccccc2OCC)CC1. The number of nitrogens with zero attached hydrogens (tertiary/aromatic N) is 2. The molecule has 0 aliphatic carbocycles. The van der Waals surface area contributed by atoms with Crippen molar-refractivity contribution in [2.24, 2.45) is 0 Å². The number of hydrogen-bond donors (Lipinski definition) is 1. The van der Waals surface area contributed by atoms with Crippen molar-refractivity contribution < 1.29 is 14.3 Å². The minimum absolute atomic E-state index is 0.00768. The lowest BCUT2D eigenvalue weighted by Crippen LogP contribution is -2.51. The predicted octanol–water partition coefficient (Wildman–Crippen LogP) is 0.979. The highest BCUT2D eigenvalue weighted by atomic mass is 16.5. The Bertz CT molecular complexity index is 540.